The van der Waals surface area contributed by atoms with Crippen molar-refractivity contribution in [3.8, 4) is 17.1 Å². The van der Waals surface area contributed by atoms with Gasteiger partial charge in [-0.25, -0.2) is 9.97 Å². The molecule has 0 bridgehead atoms. The molecule has 1 aliphatic heterocycles. The summed E-state index contributed by atoms with van der Waals surface area (Å²) >= 11 is 0. The summed E-state index contributed by atoms with van der Waals surface area (Å²) in [6, 6.07) is 8.19. The van der Waals surface area contributed by atoms with Gasteiger partial charge in [0.05, 0.1) is 25.0 Å². The van der Waals surface area contributed by atoms with Crippen molar-refractivity contribution in [2.45, 2.75) is 45.2 Å². The van der Waals surface area contributed by atoms with Gasteiger partial charge >= 0.3 is 0 Å². The van der Waals surface area contributed by atoms with Crippen LogP contribution in [0.15, 0.2) is 30.5 Å². The van der Waals surface area contributed by atoms with Gasteiger partial charge in [-0.15, -0.1) is 0 Å². The van der Waals surface area contributed by atoms with Crippen LogP contribution < -0.4 is 4.74 Å². The van der Waals surface area contributed by atoms with Gasteiger partial charge in [0.2, 0.25) is 11.8 Å². The Labute approximate surface area is 164 Å². The van der Waals surface area contributed by atoms with Crippen molar-refractivity contribution in [2.24, 2.45) is 0 Å². The Morgan fingerprint density at radius 3 is 2.89 bits per heavy atom. The summed E-state index contributed by atoms with van der Waals surface area (Å²) in [5, 5.41) is 2.14. The molecule has 0 radical (unpaired) electrons. The van der Waals surface area contributed by atoms with E-state index >= 15 is 0 Å². The van der Waals surface area contributed by atoms with Crippen LogP contribution in [0.3, 0.4) is 0 Å². The van der Waals surface area contributed by atoms with E-state index in [0.717, 1.165) is 40.8 Å². The number of hydrogen-bond acceptors (Lipinski definition) is 4. The van der Waals surface area contributed by atoms with E-state index in [-0.39, 0.29) is 5.91 Å². The molecule has 3 aromatic rings. The molecule has 0 N–H and O–H groups in total. The zero-order chi connectivity index (χ0) is 19.3. The average molecular weight is 376 g/mol. The molecule has 3 heterocycles. The molecule has 0 unspecified atom stereocenters. The van der Waals surface area contributed by atoms with Crippen LogP contribution in [0.2, 0.25) is 0 Å². The number of ether oxygens (including phenoxy) is 1. The first-order valence-corrected chi connectivity index (χ1v) is 9.99. The summed E-state index contributed by atoms with van der Waals surface area (Å²) < 4.78 is 7.64. The minimum absolute atomic E-state index is 0.204. The Bertz CT molecular complexity index is 1070. The van der Waals surface area contributed by atoms with Gasteiger partial charge in [-0.2, -0.15) is 0 Å². The first kappa shape index (κ1) is 17.2. The molecule has 6 heteroatoms. The molecule has 1 saturated carbocycles. The van der Waals surface area contributed by atoms with Crippen molar-refractivity contribution >= 4 is 16.7 Å². The Kier molecular flexibility index (Phi) is 4.07. The summed E-state index contributed by atoms with van der Waals surface area (Å²) in [6.07, 6.45) is 4.82. The van der Waals surface area contributed by atoms with E-state index in [1.54, 1.807) is 7.11 Å². The fraction of sp³-hybridized carbons (Fsp3) is 0.409. The van der Waals surface area contributed by atoms with Gasteiger partial charge in [-0.05, 0) is 18.2 Å². The van der Waals surface area contributed by atoms with Gasteiger partial charge in [0, 0.05) is 48.6 Å². The number of methoxy groups -OCH3 is 1. The zero-order valence-corrected chi connectivity index (χ0v) is 16.3. The highest BCUT2D eigenvalue weighted by Gasteiger charge is 2.34. The number of benzene rings is 1. The molecule has 0 saturated heterocycles. The predicted molar refractivity (Wildman–Crippen MR) is 107 cm³/mol. The number of fused-ring (bicyclic) bond motifs is 2. The predicted octanol–water partition coefficient (Wildman–Crippen LogP) is 3.74. The highest BCUT2D eigenvalue weighted by Crippen LogP contribution is 2.43. The van der Waals surface area contributed by atoms with E-state index in [4.69, 9.17) is 9.72 Å². The van der Waals surface area contributed by atoms with Gasteiger partial charge < -0.3 is 14.2 Å². The first-order valence-electron chi connectivity index (χ1n) is 9.99. The van der Waals surface area contributed by atoms with Crippen molar-refractivity contribution in [3.05, 3.63) is 42.0 Å². The van der Waals surface area contributed by atoms with E-state index in [1.165, 1.54) is 18.7 Å². The lowest BCUT2D eigenvalue weighted by Gasteiger charge is -2.29. The largest absolute Gasteiger partial charge is 0.481 e. The number of carbonyl (C=O) groups is 1. The quantitative estimate of drug-likeness (QED) is 0.696. The second-order valence-corrected chi connectivity index (χ2v) is 7.61. The lowest BCUT2D eigenvalue weighted by molar-refractivity contribution is -0.132. The van der Waals surface area contributed by atoms with Crippen LogP contribution in [0.5, 0.6) is 5.88 Å². The third-order valence-electron chi connectivity index (χ3n) is 5.84. The Morgan fingerprint density at radius 1 is 1.29 bits per heavy atom. The second-order valence-electron chi connectivity index (χ2n) is 7.61. The number of imidazole rings is 1. The molecule has 2 aliphatic rings. The molecule has 5 rings (SSSR count). The zero-order valence-electron chi connectivity index (χ0n) is 16.3. The third kappa shape index (κ3) is 2.75. The second kappa shape index (κ2) is 6.62. The highest BCUT2D eigenvalue weighted by molar-refractivity contribution is 5.96. The molecular formula is C22H24N4O2. The van der Waals surface area contributed by atoms with Gasteiger partial charge in [-0.1, -0.05) is 25.1 Å². The van der Waals surface area contributed by atoms with Crippen LogP contribution >= 0.6 is 0 Å². The van der Waals surface area contributed by atoms with Crippen molar-refractivity contribution in [2.75, 3.05) is 13.7 Å². The molecule has 1 aromatic carbocycles. The lowest BCUT2D eigenvalue weighted by atomic mass is 10.0. The molecule has 1 amide bonds. The molecule has 0 atom stereocenters. The lowest BCUT2D eigenvalue weighted by Crippen LogP contribution is -2.38. The van der Waals surface area contributed by atoms with Gasteiger partial charge in [0.1, 0.15) is 5.82 Å². The summed E-state index contributed by atoms with van der Waals surface area (Å²) in [7, 11) is 1.63. The normalized spacial score (nSPS) is 16.3. The van der Waals surface area contributed by atoms with Crippen molar-refractivity contribution in [1.82, 2.24) is 19.4 Å². The first-order chi connectivity index (χ1) is 13.7. The number of pyridine rings is 1. The number of amides is 1. The summed E-state index contributed by atoms with van der Waals surface area (Å²) in [4.78, 5) is 23.8. The minimum atomic E-state index is 0.204. The van der Waals surface area contributed by atoms with Crippen molar-refractivity contribution in [3.63, 3.8) is 0 Å². The Morgan fingerprint density at radius 2 is 2.14 bits per heavy atom. The number of rotatable bonds is 4. The van der Waals surface area contributed by atoms with E-state index in [2.05, 4.69) is 27.8 Å². The smallest absolute Gasteiger partial charge is 0.222 e. The maximum Gasteiger partial charge on any atom is 0.222 e. The van der Waals surface area contributed by atoms with Crippen molar-refractivity contribution in [1.29, 1.82) is 0 Å². The standard InChI is InChI=1S/C22H24N4O2/c1-3-20(27)25-9-10-26-18(13-25)21(24-22(26)14-7-8-14)16-6-4-5-15-11-19(28-2)23-12-17(15)16/h4-6,11-12,14H,3,7-10,13H2,1-2H3. The molecule has 6 nitrogen and oxygen atoms in total. The van der Waals surface area contributed by atoms with Crippen LogP contribution in [0.4, 0.5) is 0 Å². The molecule has 1 aliphatic carbocycles. The van der Waals surface area contributed by atoms with E-state index < -0.39 is 0 Å². The minimum Gasteiger partial charge on any atom is -0.481 e. The third-order valence-corrected chi connectivity index (χ3v) is 5.84. The van der Waals surface area contributed by atoms with Gasteiger partial charge in [0.15, 0.2) is 0 Å². The molecule has 0 spiro atoms. The number of nitrogens with zero attached hydrogens (tertiary/aromatic N) is 4. The highest BCUT2D eigenvalue weighted by atomic mass is 16.5. The fourth-order valence-electron chi connectivity index (χ4n) is 4.17. The topological polar surface area (TPSA) is 60.2 Å². The summed E-state index contributed by atoms with van der Waals surface area (Å²) in [5.74, 6) is 2.56. The van der Waals surface area contributed by atoms with Gasteiger partial charge in [-0.3, -0.25) is 4.79 Å². The van der Waals surface area contributed by atoms with Crippen LogP contribution in [-0.2, 0) is 17.9 Å². The average Bonchev–Trinajstić information content (AvgIpc) is 3.52. The SMILES string of the molecule is CCC(=O)N1CCn2c(C3CC3)nc(-c3cccc4cc(OC)ncc34)c2C1. The van der Waals surface area contributed by atoms with E-state index in [1.807, 2.05) is 24.1 Å². The molecule has 2 aromatic heterocycles. The van der Waals surface area contributed by atoms with Gasteiger partial charge in [0.25, 0.3) is 0 Å². The van der Waals surface area contributed by atoms with Crippen LogP contribution in [-0.4, -0.2) is 39.0 Å². The number of carbonyl (C=O) groups excluding carboxylic acids is 1. The van der Waals surface area contributed by atoms with Crippen LogP contribution in [0.1, 0.15) is 43.6 Å². The molecule has 28 heavy (non-hydrogen) atoms. The van der Waals surface area contributed by atoms with E-state index in [9.17, 15) is 4.79 Å². The summed E-state index contributed by atoms with van der Waals surface area (Å²) in [6.45, 7) is 4.15. The number of aromatic nitrogens is 3. The Hall–Kier alpha value is -2.89. The fourth-order valence-corrected chi connectivity index (χ4v) is 4.17. The number of hydrogen-bond donors (Lipinski definition) is 0. The maximum atomic E-state index is 12.3. The monoisotopic (exact) mass is 376 g/mol. The Balaban J connectivity index is 1.67. The van der Waals surface area contributed by atoms with Crippen molar-refractivity contribution < 1.29 is 9.53 Å². The van der Waals surface area contributed by atoms with E-state index in [0.29, 0.717) is 24.8 Å². The maximum absolute atomic E-state index is 12.3. The van der Waals surface area contributed by atoms with Crippen LogP contribution in [0.25, 0.3) is 22.0 Å². The molecule has 144 valence electrons. The van der Waals surface area contributed by atoms with Crippen LogP contribution in [0, 0.1) is 0 Å². The molecular weight excluding hydrogens is 352 g/mol. The summed E-state index contributed by atoms with van der Waals surface area (Å²) in [5.41, 5.74) is 3.22. The molecule has 1 fully saturated rings.